The van der Waals surface area contributed by atoms with Crippen LogP contribution in [0.2, 0.25) is 0 Å². The summed E-state index contributed by atoms with van der Waals surface area (Å²) in [4.78, 5) is 35.7. The van der Waals surface area contributed by atoms with Gasteiger partial charge in [-0.1, -0.05) is 52.8 Å². The van der Waals surface area contributed by atoms with Crippen molar-refractivity contribution >= 4 is 44.7 Å². The molecule has 1 N–H and O–H groups in total. The number of fused-ring (bicyclic) bond motifs is 1. The smallest absolute Gasteiger partial charge is 0.275 e. The molecule has 1 saturated heterocycles. The van der Waals surface area contributed by atoms with Crippen molar-refractivity contribution in [3.8, 4) is 0 Å². The second kappa shape index (κ2) is 9.17. The molecule has 2 aliphatic heterocycles. The summed E-state index contributed by atoms with van der Waals surface area (Å²) >= 11 is 4.71. The van der Waals surface area contributed by atoms with Crippen molar-refractivity contribution in [3.05, 3.63) is 69.9 Å². The Morgan fingerprint density at radius 1 is 1.30 bits per heavy atom. The Labute approximate surface area is 203 Å². The van der Waals surface area contributed by atoms with Gasteiger partial charge in [-0.25, -0.2) is 14.4 Å². The third kappa shape index (κ3) is 4.09. The van der Waals surface area contributed by atoms with Crippen LogP contribution in [-0.4, -0.2) is 54.7 Å². The van der Waals surface area contributed by atoms with Crippen molar-refractivity contribution < 1.29 is 23.6 Å². The topological polar surface area (TPSA) is 80.2 Å². The van der Waals surface area contributed by atoms with Crippen molar-refractivity contribution in [2.45, 2.75) is 18.6 Å². The molecule has 0 aromatic heterocycles. The van der Waals surface area contributed by atoms with Crippen molar-refractivity contribution in [1.29, 1.82) is 0 Å². The van der Waals surface area contributed by atoms with Crippen LogP contribution in [0.25, 0.3) is 0 Å². The highest BCUT2D eigenvalue weighted by Gasteiger charge is 2.65. The van der Waals surface area contributed by atoms with Gasteiger partial charge in [0.15, 0.2) is 5.17 Å². The van der Waals surface area contributed by atoms with E-state index in [1.807, 2.05) is 13.0 Å². The third-order valence-electron chi connectivity index (χ3n) is 6.22. The lowest BCUT2D eigenvalue weighted by molar-refractivity contribution is -0.182. The number of benzene rings is 2. The molecule has 2 aromatic rings. The van der Waals surface area contributed by atoms with Gasteiger partial charge < -0.3 is 10.1 Å². The lowest BCUT2D eigenvalue weighted by Crippen LogP contribution is -2.55. The van der Waals surface area contributed by atoms with Crippen LogP contribution in [-0.2, 0) is 19.9 Å². The van der Waals surface area contributed by atoms with Crippen LogP contribution in [0.3, 0.4) is 0 Å². The lowest BCUT2D eigenvalue weighted by atomic mass is 9.67. The summed E-state index contributed by atoms with van der Waals surface area (Å²) < 4.78 is 21.9. The molecule has 2 aliphatic rings. The van der Waals surface area contributed by atoms with E-state index in [1.165, 1.54) is 32.0 Å². The van der Waals surface area contributed by atoms with Gasteiger partial charge >= 0.3 is 0 Å². The number of aliphatic imine (C=N–C) groups is 1. The summed E-state index contributed by atoms with van der Waals surface area (Å²) in [6.07, 6.45) is -0.913. The van der Waals surface area contributed by atoms with E-state index in [2.05, 4.69) is 21.2 Å². The van der Waals surface area contributed by atoms with Gasteiger partial charge in [0.1, 0.15) is 17.5 Å². The van der Waals surface area contributed by atoms with Crippen LogP contribution < -0.4 is 5.32 Å². The second-order valence-corrected chi connectivity index (χ2v) is 10.0. The number of hydrogen-bond acceptors (Lipinski definition) is 6. The molecule has 2 aromatic carbocycles. The van der Waals surface area contributed by atoms with Crippen LogP contribution in [0, 0.1) is 11.2 Å². The second-order valence-electron chi connectivity index (χ2n) is 8.14. The fourth-order valence-electron chi connectivity index (χ4n) is 4.23. The van der Waals surface area contributed by atoms with E-state index in [4.69, 9.17) is 14.6 Å². The summed E-state index contributed by atoms with van der Waals surface area (Å²) in [5, 5.41) is 4.28. The van der Waals surface area contributed by atoms with Gasteiger partial charge in [0, 0.05) is 33.8 Å². The van der Waals surface area contributed by atoms with Crippen LogP contribution in [0.5, 0.6) is 0 Å². The minimum absolute atomic E-state index is 0.0316. The molecule has 0 radical (unpaired) electrons. The molecule has 0 unspecified atom stereocenters. The quantitative estimate of drug-likeness (QED) is 0.603. The summed E-state index contributed by atoms with van der Waals surface area (Å²) in [7, 11) is 2.89. The van der Waals surface area contributed by atoms with E-state index in [-0.39, 0.29) is 18.4 Å². The van der Waals surface area contributed by atoms with Gasteiger partial charge in [-0.15, -0.1) is 0 Å². The number of likely N-dealkylation sites (N-methyl/N-ethyl adjacent to an activating group) is 1. The fourth-order valence-corrected chi connectivity index (χ4v) is 5.80. The van der Waals surface area contributed by atoms with Crippen LogP contribution in [0.15, 0.2) is 58.0 Å². The monoisotopic (exact) mass is 535 g/mol. The molecule has 2 amide bonds. The number of halogens is 2. The average Bonchev–Trinajstić information content (AvgIpc) is 3.13. The molecule has 7 nitrogen and oxygen atoms in total. The maximum atomic E-state index is 15.2. The molecule has 10 heteroatoms. The molecule has 33 heavy (non-hydrogen) atoms. The summed E-state index contributed by atoms with van der Waals surface area (Å²) in [5.74, 6) is -0.808. The Balaban J connectivity index is 1.80. The van der Waals surface area contributed by atoms with E-state index in [1.54, 1.807) is 36.4 Å². The van der Waals surface area contributed by atoms with E-state index in [9.17, 15) is 9.59 Å². The number of nitrogens with zero attached hydrogens (tertiary/aromatic N) is 2. The van der Waals surface area contributed by atoms with E-state index in [0.29, 0.717) is 26.5 Å². The maximum absolute atomic E-state index is 15.2. The van der Waals surface area contributed by atoms with Crippen molar-refractivity contribution in [1.82, 2.24) is 10.4 Å². The Hall–Kier alpha value is -2.27. The minimum Gasteiger partial charge on any atom is -0.365 e. The number of carbonyl (C=O) groups is 2. The Kier molecular flexibility index (Phi) is 6.63. The maximum Gasteiger partial charge on any atom is 0.275 e. The van der Waals surface area contributed by atoms with Crippen LogP contribution >= 0.6 is 27.7 Å². The van der Waals surface area contributed by atoms with Crippen molar-refractivity contribution in [2.24, 2.45) is 10.4 Å². The van der Waals surface area contributed by atoms with E-state index >= 15 is 4.39 Å². The molecule has 0 saturated carbocycles. The van der Waals surface area contributed by atoms with Crippen molar-refractivity contribution in [2.75, 3.05) is 26.5 Å². The fraction of sp³-hybridized carbons (Fsp3) is 0.348. The zero-order chi connectivity index (χ0) is 23.8. The number of rotatable bonds is 4. The predicted molar refractivity (Wildman–Crippen MR) is 127 cm³/mol. The van der Waals surface area contributed by atoms with Gasteiger partial charge in [0.05, 0.1) is 13.7 Å². The summed E-state index contributed by atoms with van der Waals surface area (Å²) in [6, 6.07) is 13.4. The minimum atomic E-state index is -1.24. The van der Waals surface area contributed by atoms with E-state index < -0.39 is 22.9 Å². The standard InChI is InChI=1S/C23H23BrFN3O4S/c1-22-13-33-21(26-19(29)14-7-5-4-6-8-14)27-23(22,16-11-15(24)9-10-17(16)25)12-32-18(22)20(30)28(2)31-3/h4-11,18H,12-13H2,1-3H3,(H,26,27,29)/t18-,22-,23-/m1/s1. The molecule has 0 spiro atoms. The van der Waals surface area contributed by atoms with Gasteiger partial charge in [0.2, 0.25) is 0 Å². The van der Waals surface area contributed by atoms with Gasteiger partial charge in [-0.05, 0) is 30.3 Å². The Morgan fingerprint density at radius 2 is 2.03 bits per heavy atom. The summed E-state index contributed by atoms with van der Waals surface area (Å²) in [5.41, 5.74) is -1.37. The molecular weight excluding hydrogens is 513 g/mol. The van der Waals surface area contributed by atoms with Gasteiger partial charge in [-0.3, -0.25) is 14.4 Å². The zero-order valence-electron chi connectivity index (χ0n) is 18.3. The largest absolute Gasteiger partial charge is 0.365 e. The molecule has 1 fully saturated rings. The zero-order valence-corrected chi connectivity index (χ0v) is 20.7. The first-order valence-electron chi connectivity index (χ1n) is 10.2. The van der Waals surface area contributed by atoms with Crippen molar-refractivity contribution in [3.63, 3.8) is 0 Å². The number of amides is 2. The van der Waals surface area contributed by atoms with Gasteiger partial charge in [0.25, 0.3) is 11.8 Å². The first kappa shape index (κ1) is 23.9. The number of amidine groups is 1. The molecule has 174 valence electrons. The molecular formula is C23H23BrFN3O4S. The molecule has 2 heterocycles. The molecule has 0 bridgehead atoms. The number of hydrogen-bond donors (Lipinski definition) is 1. The highest BCUT2D eigenvalue weighted by Crippen LogP contribution is 2.57. The van der Waals surface area contributed by atoms with Crippen LogP contribution in [0.1, 0.15) is 22.8 Å². The molecule has 4 rings (SSSR count). The first-order chi connectivity index (χ1) is 15.7. The molecule has 0 aliphatic carbocycles. The van der Waals surface area contributed by atoms with Crippen LogP contribution in [0.4, 0.5) is 4.39 Å². The number of carbonyl (C=O) groups excluding carboxylic acids is 2. The molecule has 3 atom stereocenters. The summed E-state index contributed by atoms with van der Waals surface area (Å²) in [6.45, 7) is 1.83. The number of ether oxygens (including phenoxy) is 1. The highest BCUT2D eigenvalue weighted by molar-refractivity contribution is 9.10. The highest BCUT2D eigenvalue weighted by atomic mass is 79.9. The Morgan fingerprint density at radius 3 is 2.73 bits per heavy atom. The SMILES string of the molecule is CON(C)C(=O)[C@H]1OC[C@]2(c3cc(Br)ccc3F)N=C(NC(=O)c3ccccc3)SC[C@]12C. The Bertz CT molecular complexity index is 1120. The first-order valence-corrected chi connectivity index (χ1v) is 12.0. The number of nitrogens with one attached hydrogen (secondary N) is 1. The third-order valence-corrected chi connectivity index (χ3v) is 7.93. The number of thioether (sulfide) groups is 1. The average molecular weight is 536 g/mol. The van der Waals surface area contributed by atoms with E-state index in [0.717, 1.165) is 5.06 Å². The number of hydroxylamine groups is 2. The lowest BCUT2D eigenvalue weighted by Gasteiger charge is -2.45. The van der Waals surface area contributed by atoms with Gasteiger partial charge in [-0.2, -0.15) is 0 Å². The predicted octanol–water partition coefficient (Wildman–Crippen LogP) is 3.74. The normalized spacial score (nSPS) is 26.3.